The lowest BCUT2D eigenvalue weighted by Gasteiger charge is -2.10. The van der Waals surface area contributed by atoms with Gasteiger partial charge in [-0.05, 0) is 55.7 Å². The van der Waals surface area contributed by atoms with E-state index in [1.807, 2.05) is 18.4 Å². The molecule has 1 aromatic carbocycles. The summed E-state index contributed by atoms with van der Waals surface area (Å²) in [6.45, 7) is 3.35. The highest BCUT2D eigenvalue weighted by Gasteiger charge is 2.32. The minimum Gasteiger partial charge on any atom is -0.496 e. The van der Waals surface area contributed by atoms with E-state index in [4.69, 9.17) is 14.2 Å². The average molecular weight is 417 g/mol. The molecule has 8 heteroatoms. The molecule has 1 fully saturated rings. The van der Waals surface area contributed by atoms with Gasteiger partial charge in [0.05, 0.1) is 19.3 Å². The molecule has 1 aliphatic carbocycles. The summed E-state index contributed by atoms with van der Waals surface area (Å²) in [5, 5.41) is 4.96. The van der Waals surface area contributed by atoms with Crippen LogP contribution in [0.1, 0.15) is 57.5 Å². The first kappa shape index (κ1) is 20.9. The number of methoxy groups -OCH3 is 1. The van der Waals surface area contributed by atoms with Crippen molar-refractivity contribution in [2.45, 2.75) is 32.6 Å². The van der Waals surface area contributed by atoms with Crippen molar-refractivity contribution in [2.24, 2.45) is 0 Å². The molecule has 0 atom stereocenters. The Morgan fingerprint density at radius 2 is 1.93 bits per heavy atom. The van der Waals surface area contributed by atoms with Crippen LogP contribution in [0.25, 0.3) is 0 Å². The molecule has 0 aliphatic heterocycles. The lowest BCUT2D eigenvalue weighted by molar-refractivity contribution is -0.119. The average Bonchev–Trinajstić information content (AvgIpc) is 3.46. The maximum atomic E-state index is 12.3. The molecule has 154 valence electrons. The molecule has 1 heterocycles. The molecule has 0 saturated heterocycles. The molecule has 1 saturated carbocycles. The molecule has 7 nitrogen and oxygen atoms in total. The van der Waals surface area contributed by atoms with E-state index in [1.165, 1.54) is 18.4 Å². The lowest BCUT2D eigenvalue weighted by Crippen LogP contribution is -2.22. The molecule has 0 spiro atoms. The Morgan fingerprint density at radius 1 is 1.17 bits per heavy atom. The quantitative estimate of drug-likeness (QED) is 0.655. The fourth-order valence-corrected chi connectivity index (χ4v) is 3.97. The summed E-state index contributed by atoms with van der Waals surface area (Å²) < 4.78 is 15.4. The SMILES string of the molecule is CCOC(=O)c1c(C2CC2)csc1NC(=O)COC(=O)c1cc(C)ccc1OC. The fourth-order valence-electron chi connectivity index (χ4n) is 2.92. The van der Waals surface area contributed by atoms with Crippen LogP contribution >= 0.6 is 11.3 Å². The number of ether oxygens (including phenoxy) is 3. The van der Waals surface area contributed by atoms with Crippen molar-refractivity contribution in [3.8, 4) is 5.75 Å². The van der Waals surface area contributed by atoms with E-state index in [2.05, 4.69) is 5.32 Å². The third-order valence-corrected chi connectivity index (χ3v) is 5.39. The monoisotopic (exact) mass is 417 g/mol. The van der Waals surface area contributed by atoms with Gasteiger partial charge in [-0.25, -0.2) is 9.59 Å². The number of carbonyl (C=O) groups is 3. The van der Waals surface area contributed by atoms with Crippen LogP contribution in [-0.2, 0) is 14.3 Å². The highest BCUT2D eigenvalue weighted by Crippen LogP contribution is 2.46. The number of nitrogens with one attached hydrogen (secondary N) is 1. The summed E-state index contributed by atoms with van der Waals surface area (Å²) in [4.78, 5) is 37.0. The lowest BCUT2D eigenvalue weighted by atomic mass is 10.1. The summed E-state index contributed by atoms with van der Waals surface area (Å²) in [6.07, 6.45) is 2.04. The third-order valence-electron chi connectivity index (χ3n) is 4.48. The number of amides is 1. The van der Waals surface area contributed by atoms with Crippen molar-refractivity contribution in [3.05, 3.63) is 45.8 Å². The summed E-state index contributed by atoms with van der Waals surface area (Å²) in [6, 6.07) is 5.12. The van der Waals surface area contributed by atoms with Crippen LogP contribution in [0.3, 0.4) is 0 Å². The van der Waals surface area contributed by atoms with Crippen LogP contribution in [0, 0.1) is 6.92 Å². The highest BCUT2D eigenvalue weighted by molar-refractivity contribution is 7.15. The van der Waals surface area contributed by atoms with Crippen molar-refractivity contribution in [1.29, 1.82) is 0 Å². The number of hydrogen-bond acceptors (Lipinski definition) is 7. The molecule has 1 N–H and O–H groups in total. The summed E-state index contributed by atoms with van der Waals surface area (Å²) >= 11 is 1.27. The Hall–Kier alpha value is -2.87. The Labute approximate surface area is 173 Å². The number of rotatable bonds is 8. The fraction of sp³-hybridized carbons (Fsp3) is 0.381. The minimum absolute atomic E-state index is 0.250. The van der Waals surface area contributed by atoms with Crippen molar-refractivity contribution in [1.82, 2.24) is 0 Å². The van der Waals surface area contributed by atoms with Gasteiger partial charge in [0.15, 0.2) is 6.61 Å². The Kier molecular flexibility index (Phi) is 6.53. The van der Waals surface area contributed by atoms with Gasteiger partial charge >= 0.3 is 11.9 Å². The van der Waals surface area contributed by atoms with Crippen molar-refractivity contribution in [3.63, 3.8) is 0 Å². The Bertz CT molecular complexity index is 931. The molecule has 1 aromatic heterocycles. The molecule has 1 aliphatic rings. The first-order valence-corrected chi connectivity index (χ1v) is 10.2. The van der Waals surface area contributed by atoms with E-state index in [0.717, 1.165) is 24.0 Å². The second kappa shape index (κ2) is 9.09. The van der Waals surface area contributed by atoms with Gasteiger partial charge in [0, 0.05) is 0 Å². The van der Waals surface area contributed by atoms with Gasteiger partial charge in [-0.2, -0.15) is 0 Å². The molecule has 2 aromatic rings. The smallest absolute Gasteiger partial charge is 0.342 e. The van der Waals surface area contributed by atoms with Gasteiger partial charge in [0.2, 0.25) is 0 Å². The normalized spacial score (nSPS) is 12.9. The number of anilines is 1. The molecule has 1 amide bonds. The van der Waals surface area contributed by atoms with Crippen LogP contribution < -0.4 is 10.1 Å². The van der Waals surface area contributed by atoms with Crippen LogP contribution in [-0.4, -0.2) is 38.2 Å². The molecule has 0 bridgehead atoms. The van der Waals surface area contributed by atoms with E-state index in [1.54, 1.807) is 19.1 Å². The van der Waals surface area contributed by atoms with Gasteiger partial charge in [-0.15, -0.1) is 11.3 Å². The van der Waals surface area contributed by atoms with Crippen molar-refractivity contribution >= 4 is 34.2 Å². The molecular weight excluding hydrogens is 394 g/mol. The van der Waals surface area contributed by atoms with Crippen molar-refractivity contribution in [2.75, 3.05) is 25.6 Å². The number of hydrogen-bond donors (Lipinski definition) is 1. The topological polar surface area (TPSA) is 90.9 Å². The van der Waals surface area contributed by atoms with Crippen LogP contribution in [0.2, 0.25) is 0 Å². The zero-order chi connectivity index (χ0) is 21.0. The summed E-state index contributed by atoms with van der Waals surface area (Å²) in [5.74, 6) is -0.927. The Balaban J connectivity index is 1.66. The predicted octanol–water partition coefficient (Wildman–Crippen LogP) is 3.91. The minimum atomic E-state index is -0.656. The van der Waals surface area contributed by atoms with Gasteiger partial charge in [0.25, 0.3) is 5.91 Å². The van der Waals surface area contributed by atoms with Crippen LogP contribution in [0.4, 0.5) is 5.00 Å². The second-order valence-electron chi connectivity index (χ2n) is 6.72. The van der Waals surface area contributed by atoms with Crippen LogP contribution in [0.15, 0.2) is 23.6 Å². The first-order chi connectivity index (χ1) is 13.9. The zero-order valence-electron chi connectivity index (χ0n) is 16.6. The zero-order valence-corrected chi connectivity index (χ0v) is 17.4. The predicted molar refractivity (Wildman–Crippen MR) is 109 cm³/mol. The van der Waals surface area contributed by atoms with Crippen molar-refractivity contribution < 1.29 is 28.6 Å². The molecule has 29 heavy (non-hydrogen) atoms. The van der Waals surface area contributed by atoms with Gasteiger partial charge < -0.3 is 19.5 Å². The van der Waals surface area contributed by atoms with E-state index < -0.39 is 24.5 Å². The van der Waals surface area contributed by atoms with E-state index in [0.29, 0.717) is 22.2 Å². The number of carbonyl (C=O) groups excluding carboxylic acids is 3. The highest BCUT2D eigenvalue weighted by atomic mass is 32.1. The largest absolute Gasteiger partial charge is 0.496 e. The number of aryl methyl sites for hydroxylation is 1. The summed E-state index contributed by atoms with van der Waals surface area (Å²) in [7, 11) is 1.46. The van der Waals surface area contributed by atoms with Crippen LogP contribution in [0.5, 0.6) is 5.75 Å². The van der Waals surface area contributed by atoms with E-state index in [9.17, 15) is 14.4 Å². The Morgan fingerprint density at radius 3 is 2.59 bits per heavy atom. The molecular formula is C21H23NO6S. The number of benzene rings is 1. The van der Waals surface area contributed by atoms with Gasteiger partial charge in [0.1, 0.15) is 16.3 Å². The van der Waals surface area contributed by atoms with E-state index >= 15 is 0 Å². The standard InChI is InChI=1S/C21H23NO6S/c1-4-27-21(25)18-15(13-6-7-13)11-29-19(18)22-17(23)10-28-20(24)14-9-12(2)5-8-16(14)26-3/h5,8-9,11,13H,4,6-7,10H2,1-3H3,(H,22,23). The maximum absolute atomic E-state index is 12.3. The molecule has 0 unspecified atom stereocenters. The van der Waals surface area contributed by atoms with E-state index in [-0.39, 0.29) is 12.2 Å². The van der Waals surface area contributed by atoms with Gasteiger partial charge in [-0.1, -0.05) is 11.6 Å². The maximum Gasteiger partial charge on any atom is 0.342 e. The van der Waals surface area contributed by atoms with Gasteiger partial charge in [-0.3, -0.25) is 4.79 Å². The number of thiophene rings is 1. The third kappa shape index (κ3) is 4.95. The second-order valence-corrected chi connectivity index (χ2v) is 7.60. The number of esters is 2. The summed E-state index contributed by atoms with van der Waals surface area (Å²) in [5.41, 5.74) is 2.43. The molecule has 3 rings (SSSR count). The molecule has 0 radical (unpaired) electrons. The first-order valence-electron chi connectivity index (χ1n) is 9.34.